The summed E-state index contributed by atoms with van der Waals surface area (Å²) in [5.41, 5.74) is 2.82. The summed E-state index contributed by atoms with van der Waals surface area (Å²) in [6.07, 6.45) is 1.23. The zero-order chi connectivity index (χ0) is 18.4. The first-order valence-electron chi connectivity index (χ1n) is 7.47. The van der Waals surface area contributed by atoms with Crippen molar-refractivity contribution in [2.75, 3.05) is 12.0 Å². The van der Waals surface area contributed by atoms with Gasteiger partial charge in [-0.3, -0.25) is 0 Å². The van der Waals surface area contributed by atoms with Gasteiger partial charge >= 0.3 is 5.97 Å². The van der Waals surface area contributed by atoms with E-state index in [1.54, 1.807) is 4.90 Å². The number of rotatable bonds is 2. The molecule has 130 valence electrons. The summed E-state index contributed by atoms with van der Waals surface area (Å²) in [5, 5.41) is 0. The molecule has 1 heterocycles. The summed E-state index contributed by atoms with van der Waals surface area (Å²) >= 11 is 0. The number of sulfone groups is 1. The van der Waals surface area contributed by atoms with Crippen LogP contribution in [-0.2, 0) is 19.4 Å². The second kappa shape index (κ2) is 6.00. The highest BCUT2D eigenvalue weighted by atomic mass is 32.2. The molecule has 7 heteroatoms. The van der Waals surface area contributed by atoms with Crippen molar-refractivity contribution in [2.45, 2.75) is 18.7 Å². The lowest BCUT2D eigenvalue weighted by Crippen LogP contribution is -2.26. The van der Waals surface area contributed by atoms with Gasteiger partial charge in [-0.2, -0.15) is 0 Å². The first kappa shape index (κ1) is 17.2. The highest BCUT2D eigenvalue weighted by Crippen LogP contribution is 2.41. The molecule has 25 heavy (non-hydrogen) atoms. The molecule has 0 amide bonds. The van der Waals surface area contributed by atoms with Crippen molar-refractivity contribution in [1.29, 1.82) is 0 Å². The van der Waals surface area contributed by atoms with E-state index in [1.807, 2.05) is 32.0 Å². The van der Waals surface area contributed by atoms with Crippen LogP contribution in [0.3, 0.4) is 0 Å². The molecule has 1 aliphatic heterocycles. The molecular formula is C18H16FNO4S. The Labute approximate surface area is 145 Å². The summed E-state index contributed by atoms with van der Waals surface area (Å²) in [7, 11) is -3.08. The highest BCUT2D eigenvalue weighted by molar-refractivity contribution is 7.96. The van der Waals surface area contributed by atoms with Crippen molar-refractivity contribution < 1.29 is 22.3 Å². The van der Waals surface area contributed by atoms with E-state index in [0.29, 0.717) is 5.69 Å². The average Bonchev–Trinajstić information content (AvgIpc) is 2.57. The van der Waals surface area contributed by atoms with E-state index < -0.39 is 26.5 Å². The maximum absolute atomic E-state index is 13.7. The Morgan fingerprint density at radius 3 is 2.48 bits per heavy atom. The maximum Gasteiger partial charge on any atom is 0.351 e. The molecule has 0 spiro atoms. The molecule has 0 radical (unpaired) electrons. The van der Waals surface area contributed by atoms with Crippen molar-refractivity contribution in [3.8, 4) is 0 Å². The van der Waals surface area contributed by atoms with Gasteiger partial charge in [0.1, 0.15) is 5.82 Å². The zero-order valence-corrected chi connectivity index (χ0v) is 14.7. The molecule has 3 rings (SSSR count). The Hall–Kier alpha value is -2.67. The number of methoxy groups -OCH3 is 1. The number of nitrogens with zero attached hydrogens (tertiary/aromatic N) is 1. The maximum atomic E-state index is 13.7. The average molecular weight is 361 g/mol. The fourth-order valence-electron chi connectivity index (χ4n) is 2.72. The lowest BCUT2D eigenvalue weighted by molar-refractivity contribution is -0.135. The quantitative estimate of drug-likeness (QED) is 0.768. The standard InChI is InChI=1S/C18H16FNO4S/c1-11-4-5-12(2)15(8-11)20-10-17(18(21)24-3)25(22,23)16-9-13(19)6-7-14(16)20/h4-10H,1-3H3. The van der Waals surface area contributed by atoms with Gasteiger partial charge < -0.3 is 9.64 Å². The van der Waals surface area contributed by atoms with E-state index in [9.17, 15) is 17.6 Å². The number of halogens is 1. The number of anilines is 2. The van der Waals surface area contributed by atoms with Gasteiger partial charge in [0.15, 0.2) is 4.91 Å². The molecule has 2 aromatic rings. The summed E-state index contributed by atoms with van der Waals surface area (Å²) in [6, 6.07) is 9.17. The summed E-state index contributed by atoms with van der Waals surface area (Å²) in [4.78, 5) is 12.8. The van der Waals surface area contributed by atoms with Crippen LogP contribution >= 0.6 is 0 Å². The smallest absolute Gasteiger partial charge is 0.351 e. The Morgan fingerprint density at radius 1 is 1.08 bits per heavy atom. The van der Waals surface area contributed by atoms with Crippen LogP contribution in [0.4, 0.5) is 15.8 Å². The molecule has 0 saturated heterocycles. The van der Waals surface area contributed by atoms with E-state index in [2.05, 4.69) is 4.74 Å². The largest absolute Gasteiger partial charge is 0.465 e. The molecule has 0 aliphatic carbocycles. The van der Waals surface area contributed by atoms with Gasteiger partial charge in [0.2, 0.25) is 9.84 Å². The van der Waals surface area contributed by atoms with E-state index >= 15 is 0 Å². The number of hydrogen-bond donors (Lipinski definition) is 0. The number of esters is 1. The third-order valence-corrected chi connectivity index (χ3v) is 5.77. The molecule has 0 atom stereocenters. The summed E-state index contributed by atoms with van der Waals surface area (Å²) < 4.78 is 43.8. The van der Waals surface area contributed by atoms with E-state index in [0.717, 1.165) is 24.3 Å². The lowest BCUT2D eigenvalue weighted by Gasteiger charge is -2.29. The molecule has 0 aromatic heterocycles. The topological polar surface area (TPSA) is 63.7 Å². The highest BCUT2D eigenvalue weighted by Gasteiger charge is 2.37. The van der Waals surface area contributed by atoms with Crippen LogP contribution in [0.5, 0.6) is 0 Å². The second-order valence-electron chi connectivity index (χ2n) is 5.76. The minimum absolute atomic E-state index is 0.267. The Kier molecular flexibility index (Phi) is 4.12. The minimum atomic E-state index is -4.18. The number of aryl methyl sites for hydroxylation is 2. The number of carbonyl (C=O) groups excluding carboxylic acids is 1. The summed E-state index contributed by atoms with van der Waals surface area (Å²) in [5.74, 6) is -1.69. The number of fused-ring (bicyclic) bond motifs is 1. The van der Waals surface area contributed by atoms with Crippen LogP contribution in [0.25, 0.3) is 0 Å². The zero-order valence-electron chi connectivity index (χ0n) is 13.9. The van der Waals surface area contributed by atoms with Crippen molar-refractivity contribution in [1.82, 2.24) is 0 Å². The predicted molar refractivity (Wildman–Crippen MR) is 91.7 cm³/mol. The minimum Gasteiger partial charge on any atom is -0.465 e. The molecule has 0 fully saturated rings. The van der Waals surface area contributed by atoms with Gasteiger partial charge in [-0.15, -0.1) is 0 Å². The van der Waals surface area contributed by atoms with Gasteiger partial charge in [-0.25, -0.2) is 17.6 Å². The van der Waals surface area contributed by atoms with Gasteiger partial charge in [-0.05, 0) is 49.2 Å². The number of hydrogen-bond acceptors (Lipinski definition) is 5. The first-order valence-corrected chi connectivity index (χ1v) is 8.95. The molecule has 0 saturated carbocycles. The SMILES string of the molecule is COC(=O)C1=CN(c2cc(C)ccc2C)c2ccc(F)cc2S1(=O)=O. The van der Waals surface area contributed by atoms with Gasteiger partial charge in [-0.1, -0.05) is 12.1 Å². The molecule has 0 N–H and O–H groups in total. The number of carbonyl (C=O) groups is 1. The third kappa shape index (κ3) is 2.80. The monoisotopic (exact) mass is 361 g/mol. The molecule has 5 nitrogen and oxygen atoms in total. The van der Waals surface area contributed by atoms with Crippen molar-refractivity contribution in [2.24, 2.45) is 0 Å². The van der Waals surface area contributed by atoms with Crippen LogP contribution < -0.4 is 4.90 Å². The summed E-state index contributed by atoms with van der Waals surface area (Å²) in [6.45, 7) is 3.77. The molecule has 0 bridgehead atoms. The third-order valence-electron chi connectivity index (χ3n) is 4.02. The molecular weight excluding hydrogens is 345 g/mol. The van der Waals surface area contributed by atoms with Crippen molar-refractivity contribution in [3.63, 3.8) is 0 Å². The molecule has 0 unspecified atom stereocenters. The van der Waals surface area contributed by atoms with Crippen LogP contribution in [0.1, 0.15) is 11.1 Å². The molecule has 1 aliphatic rings. The van der Waals surface area contributed by atoms with Gasteiger partial charge in [0.05, 0.1) is 17.7 Å². The second-order valence-corrected chi connectivity index (χ2v) is 7.65. The Balaban J connectivity index is 2.34. The van der Waals surface area contributed by atoms with Gasteiger partial charge in [0.25, 0.3) is 0 Å². The van der Waals surface area contributed by atoms with Crippen LogP contribution in [0.15, 0.2) is 52.4 Å². The van der Waals surface area contributed by atoms with E-state index in [-0.39, 0.29) is 10.6 Å². The number of ether oxygens (including phenoxy) is 1. The molecule has 2 aromatic carbocycles. The van der Waals surface area contributed by atoms with E-state index in [4.69, 9.17) is 0 Å². The first-order chi connectivity index (χ1) is 11.8. The van der Waals surface area contributed by atoms with Crippen LogP contribution in [0.2, 0.25) is 0 Å². The normalized spacial score (nSPS) is 15.4. The lowest BCUT2D eigenvalue weighted by atomic mass is 10.1. The van der Waals surface area contributed by atoms with Crippen LogP contribution in [-0.4, -0.2) is 21.5 Å². The van der Waals surface area contributed by atoms with E-state index in [1.165, 1.54) is 18.3 Å². The number of benzene rings is 2. The Bertz CT molecular complexity index is 1010. The fourth-order valence-corrected chi connectivity index (χ4v) is 4.21. The predicted octanol–water partition coefficient (Wildman–Crippen LogP) is 3.38. The van der Waals surface area contributed by atoms with Gasteiger partial charge in [0, 0.05) is 11.9 Å². The fraction of sp³-hybridized carbons (Fsp3) is 0.167. The van der Waals surface area contributed by atoms with Crippen LogP contribution in [0, 0.1) is 19.7 Å². The van der Waals surface area contributed by atoms with Crippen molar-refractivity contribution >= 4 is 27.2 Å². The van der Waals surface area contributed by atoms with Crippen molar-refractivity contribution in [3.05, 3.63) is 64.4 Å². The Morgan fingerprint density at radius 2 is 1.80 bits per heavy atom.